The van der Waals surface area contributed by atoms with Gasteiger partial charge in [-0.2, -0.15) is 14.1 Å². The molecule has 0 unspecified atom stereocenters. The highest BCUT2D eigenvalue weighted by Gasteiger charge is 2.34. The third-order valence-corrected chi connectivity index (χ3v) is 8.07. The summed E-state index contributed by atoms with van der Waals surface area (Å²) < 4.78 is 46.6. The largest absolute Gasteiger partial charge is 0.490 e. The molecule has 0 bridgehead atoms. The third-order valence-electron chi connectivity index (χ3n) is 5.91. The van der Waals surface area contributed by atoms with E-state index in [0.29, 0.717) is 61.8 Å². The van der Waals surface area contributed by atoms with E-state index in [1.807, 2.05) is 20.8 Å². The summed E-state index contributed by atoms with van der Waals surface area (Å²) in [6.45, 7) is 13.0. The summed E-state index contributed by atoms with van der Waals surface area (Å²) in [5.74, 6) is 1.22. The lowest BCUT2D eigenvalue weighted by Crippen LogP contribution is -2.38. The van der Waals surface area contributed by atoms with E-state index in [9.17, 15) is 13.2 Å². The summed E-state index contributed by atoms with van der Waals surface area (Å²) >= 11 is 0. The Labute approximate surface area is 202 Å². The van der Waals surface area contributed by atoms with Gasteiger partial charge < -0.3 is 14.2 Å². The molecule has 1 aliphatic heterocycles. The van der Waals surface area contributed by atoms with Gasteiger partial charge in [0, 0.05) is 18.7 Å². The number of hydrogen-bond donors (Lipinski definition) is 0. The van der Waals surface area contributed by atoms with Gasteiger partial charge in [0.1, 0.15) is 4.90 Å². The first-order valence-corrected chi connectivity index (χ1v) is 13.3. The molecule has 10 heteroatoms. The van der Waals surface area contributed by atoms with Crippen molar-refractivity contribution >= 4 is 15.9 Å². The highest BCUT2D eigenvalue weighted by atomic mass is 32.2. The van der Waals surface area contributed by atoms with Crippen LogP contribution in [0.2, 0.25) is 0 Å². The van der Waals surface area contributed by atoms with Crippen LogP contribution in [0.5, 0.6) is 17.2 Å². The lowest BCUT2D eigenvalue weighted by Gasteiger charge is -2.29. The summed E-state index contributed by atoms with van der Waals surface area (Å²) in [4.78, 5) is 13.6. The van der Waals surface area contributed by atoms with Gasteiger partial charge in [-0.25, -0.2) is 8.42 Å². The normalized spacial score (nSPS) is 15.4. The zero-order valence-electron chi connectivity index (χ0n) is 20.9. The van der Waals surface area contributed by atoms with Crippen LogP contribution in [0.3, 0.4) is 0 Å². The Bertz CT molecular complexity index is 1110. The van der Waals surface area contributed by atoms with Crippen LogP contribution in [0.1, 0.15) is 62.3 Å². The second kappa shape index (κ2) is 10.8. The Kier molecular flexibility index (Phi) is 8.25. The lowest BCUT2D eigenvalue weighted by molar-refractivity contribution is 0.0941. The molecule has 3 rings (SSSR count). The number of piperidine rings is 1. The number of ether oxygens (including phenoxy) is 3. The van der Waals surface area contributed by atoms with Crippen LogP contribution < -0.4 is 14.2 Å². The Hall–Kier alpha value is -2.59. The SMILES string of the molecule is CCOc1cc(C(=O)n2nc(C)c(S(=O)(=O)N3CCC(C)CC3)c2C)cc(OCC)c1OCC. The maximum Gasteiger partial charge on any atom is 0.278 e. The molecule has 1 aromatic carbocycles. The molecule has 0 spiro atoms. The molecule has 2 aromatic rings. The van der Waals surface area contributed by atoms with Gasteiger partial charge in [0.2, 0.25) is 15.8 Å². The average Bonchev–Trinajstić information content (AvgIpc) is 3.10. The molecular weight excluding hydrogens is 458 g/mol. The Balaban J connectivity index is 2.04. The molecule has 0 radical (unpaired) electrons. The van der Waals surface area contributed by atoms with Crippen molar-refractivity contribution in [1.82, 2.24) is 14.1 Å². The molecule has 0 saturated carbocycles. The first-order chi connectivity index (χ1) is 16.1. The van der Waals surface area contributed by atoms with E-state index < -0.39 is 15.9 Å². The quantitative estimate of drug-likeness (QED) is 0.524. The van der Waals surface area contributed by atoms with Gasteiger partial charge in [0.15, 0.2) is 11.5 Å². The fourth-order valence-corrected chi connectivity index (χ4v) is 6.01. The van der Waals surface area contributed by atoms with E-state index in [1.165, 1.54) is 4.31 Å². The fraction of sp³-hybridized carbons (Fsp3) is 0.583. The van der Waals surface area contributed by atoms with E-state index in [2.05, 4.69) is 12.0 Å². The highest BCUT2D eigenvalue weighted by Crippen LogP contribution is 2.39. The van der Waals surface area contributed by atoms with Gasteiger partial charge in [0.05, 0.1) is 31.2 Å². The van der Waals surface area contributed by atoms with Crippen molar-refractivity contribution in [1.29, 1.82) is 0 Å². The Morgan fingerprint density at radius 1 is 1.00 bits per heavy atom. The van der Waals surface area contributed by atoms with Gasteiger partial charge in [0.25, 0.3) is 5.91 Å². The Morgan fingerprint density at radius 2 is 1.53 bits per heavy atom. The minimum Gasteiger partial charge on any atom is -0.490 e. The van der Waals surface area contributed by atoms with Crippen molar-refractivity contribution in [2.75, 3.05) is 32.9 Å². The summed E-state index contributed by atoms with van der Waals surface area (Å²) in [6.07, 6.45) is 1.63. The molecule has 1 fully saturated rings. The Morgan fingerprint density at radius 3 is 2.03 bits per heavy atom. The van der Waals surface area contributed by atoms with Gasteiger partial charge in [-0.1, -0.05) is 6.92 Å². The molecule has 0 aliphatic carbocycles. The summed E-state index contributed by atoms with van der Waals surface area (Å²) in [5.41, 5.74) is 0.841. The number of hydrogen-bond acceptors (Lipinski definition) is 7. The number of aryl methyl sites for hydroxylation is 1. The van der Waals surface area contributed by atoms with Crippen molar-refractivity contribution in [3.05, 3.63) is 29.1 Å². The van der Waals surface area contributed by atoms with Gasteiger partial charge in [-0.3, -0.25) is 4.79 Å². The maximum atomic E-state index is 13.5. The predicted molar refractivity (Wildman–Crippen MR) is 129 cm³/mol. The van der Waals surface area contributed by atoms with Crippen LogP contribution in [-0.2, 0) is 10.0 Å². The van der Waals surface area contributed by atoms with Crippen molar-refractivity contribution in [2.45, 2.75) is 59.3 Å². The monoisotopic (exact) mass is 493 g/mol. The van der Waals surface area contributed by atoms with Gasteiger partial charge in [-0.15, -0.1) is 0 Å². The summed E-state index contributed by atoms with van der Waals surface area (Å²) in [5, 5.41) is 4.32. The number of rotatable bonds is 9. The van der Waals surface area contributed by atoms with Crippen molar-refractivity contribution in [2.24, 2.45) is 5.92 Å². The summed E-state index contributed by atoms with van der Waals surface area (Å²) in [7, 11) is -3.76. The van der Waals surface area contributed by atoms with Crippen molar-refractivity contribution in [3.8, 4) is 17.2 Å². The molecule has 0 amide bonds. The van der Waals surface area contributed by atoms with Crippen molar-refractivity contribution < 1.29 is 27.4 Å². The average molecular weight is 494 g/mol. The number of carbonyl (C=O) groups excluding carboxylic acids is 1. The predicted octanol–water partition coefficient (Wildman–Crippen LogP) is 3.81. The molecule has 188 valence electrons. The zero-order chi connectivity index (χ0) is 25.0. The first kappa shape index (κ1) is 26.0. The standard InChI is InChI=1S/C24H35N3O6S/c1-7-31-20-14-19(15-21(32-8-2)22(20)33-9-3)24(28)27-18(6)23(17(5)25-27)34(29,30)26-12-10-16(4)11-13-26/h14-16H,7-13H2,1-6H3. The molecule has 1 saturated heterocycles. The second-order valence-corrected chi connectivity index (χ2v) is 10.3. The van der Waals surface area contributed by atoms with Crippen LogP contribution >= 0.6 is 0 Å². The van der Waals surface area contributed by atoms with E-state index in [-0.39, 0.29) is 16.2 Å². The minimum atomic E-state index is -3.76. The maximum absolute atomic E-state index is 13.5. The van der Waals surface area contributed by atoms with E-state index >= 15 is 0 Å². The van der Waals surface area contributed by atoms with Crippen LogP contribution in [0.25, 0.3) is 0 Å². The zero-order valence-corrected chi connectivity index (χ0v) is 21.7. The topological polar surface area (TPSA) is 100.0 Å². The number of nitrogens with zero attached hydrogens (tertiary/aromatic N) is 3. The molecule has 2 heterocycles. The van der Waals surface area contributed by atoms with E-state index in [0.717, 1.165) is 17.5 Å². The lowest BCUT2D eigenvalue weighted by atomic mass is 10.0. The van der Waals surface area contributed by atoms with Crippen LogP contribution in [0.4, 0.5) is 0 Å². The molecule has 1 aliphatic rings. The van der Waals surface area contributed by atoms with E-state index in [4.69, 9.17) is 14.2 Å². The number of carbonyl (C=O) groups is 1. The van der Waals surface area contributed by atoms with Crippen molar-refractivity contribution in [3.63, 3.8) is 0 Å². The first-order valence-electron chi connectivity index (χ1n) is 11.8. The van der Waals surface area contributed by atoms with Crippen LogP contribution in [0.15, 0.2) is 17.0 Å². The summed E-state index contributed by atoms with van der Waals surface area (Å²) in [6, 6.07) is 3.16. The van der Waals surface area contributed by atoms with Crippen LogP contribution in [0, 0.1) is 19.8 Å². The fourth-order valence-electron chi connectivity index (χ4n) is 4.19. The third kappa shape index (κ3) is 5.07. The number of benzene rings is 1. The molecule has 9 nitrogen and oxygen atoms in total. The van der Waals surface area contributed by atoms with E-state index in [1.54, 1.807) is 26.0 Å². The molecule has 0 N–H and O–H groups in total. The minimum absolute atomic E-state index is 0.0939. The smallest absolute Gasteiger partial charge is 0.278 e. The molecule has 34 heavy (non-hydrogen) atoms. The molecule has 0 atom stereocenters. The van der Waals surface area contributed by atoms with Gasteiger partial charge >= 0.3 is 0 Å². The molecular formula is C24H35N3O6S. The second-order valence-electron chi connectivity index (χ2n) is 8.40. The van der Waals surface area contributed by atoms with Gasteiger partial charge in [-0.05, 0) is 65.5 Å². The number of sulfonamides is 1. The number of aromatic nitrogens is 2. The highest BCUT2D eigenvalue weighted by molar-refractivity contribution is 7.89. The molecule has 1 aromatic heterocycles. The van der Waals surface area contributed by atoms with Crippen LogP contribution in [-0.4, -0.2) is 61.3 Å².